The van der Waals surface area contributed by atoms with Crippen molar-refractivity contribution in [2.45, 2.75) is 19.5 Å². The maximum Gasteiger partial charge on any atom is 0.203 e. The molecule has 1 N–H and O–H groups in total. The van der Waals surface area contributed by atoms with Gasteiger partial charge in [-0.1, -0.05) is 6.08 Å². The first-order valence-corrected chi connectivity index (χ1v) is 5.73. The number of hydrogen-bond acceptors (Lipinski definition) is 3. The summed E-state index contributed by atoms with van der Waals surface area (Å²) in [6.45, 7) is 6.30. The molecule has 0 saturated heterocycles. The molecule has 0 amide bonds. The van der Waals surface area contributed by atoms with Gasteiger partial charge in [0, 0.05) is 44.4 Å². The van der Waals surface area contributed by atoms with Gasteiger partial charge in [0.15, 0.2) is 0 Å². The highest BCUT2D eigenvalue weighted by Gasteiger charge is 1.99. The van der Waals surface area contributed by atoms with Crippen molar-refractivity contribution in [3.8, 4) is 0 Å². The Hall–Kier alpha value is -2.04. The number of anilines is 1. The molecule has 5 nitrogen and oxygen atoms in total. The van der Waals surface area contributed by atoms with Gasteiger partial charge >= 0.3 is 0 Å². The summed E-state index contributed by atoms with van der Waals surface area (Å²) >= 11 is 0. The molecule has 90 valence electrons. The molecule has 2 aromatic rings. The highest BCUT2D eigenvalue weighted by Crippen LogP contribution is 2.04. The van der Waals surface area contributed by atoms with Crippen molar-refractivity contribution in [1.82, 2.24) is 19.3 Å². The Morgan fingerprint density at radius 3 is 3.06 bits per heavy atom. The highest BCUT2D eigenvalue weighted by molar-refractivity contribution is 5.25. The lowest BCUT2D eigenvalue weighted by Gasteiger charge is -2.07. The number of aromatic nitrogens is 4. The third kappa shape index (κ3) is 3.21. The minimum atomic E-state index is 0.779. The number of nitrogens with one attached hydrogen (secondary N) is 1. The van der Waals surface area contributed by atoms with E-state index in [2.05, 4.69) is 22.0 Å². The quantitative estimate of drug-likeness (QED) is 0.583. The fraction of sp³-hybridized carbons (Fsp3) is 0.333. The Bertz CT molecular complexity index is 443. The van der Waals surface area contributed by atoms with E-state index in [1.807, 2.05) is 33.8 Å². The van der Waals surface area contributed by atoms with Crippen molar-refractivity contribution in [3.05, 3.63) is 43.5 Å². The average molecular weight is 231 g/mol. The Morgan fingerprint density at radius 1 is 1.35 bits per heavy atom. The van der Waals surface area contributed by atoms with Crippen molar-refractivity contribution in [2.24, 2.45) is 0 Å². The Kier molecular flexibility index (Phi) is 3.96. The lowest BCUT2D eigenvalue weighted by Crippen LogP contribution is -2.10. The predicted octanol–water partition coefficient (Wildman–Crippen LogP) is 1.77. The number of nitrogens with zero attached hydrogens (tertiary/aromatic N) is 4. The van der Waals surface area contributed by atoms with E-state index in [4.69, 9.17) is 0 Å². The van der Waals surface area contributed by atoms with Crippen molar-refractivity contribution < 1.29 is 0 Å². The molecular weight excluding hydrogens is 214 g/mol. The maximum atomic E-state index is 4.25. The summed E-state index contributed by atoms with van der Waals surface area (Å²) in [6.07, 6.45) is 10.4. The monoisotopic (exact) mass is 231 g/mol. The molecule has 5 heteroatoms. The third-order valence-corrected chi connectivity index (χ3v) is 2.45. The molecule has 0 fully saturated rings. The van der Waals surface area contributed by atoms with Crippen LogP contribution in [0.3, 0.4) is 0 Å². The zero-order chi connectivity index (χ0) is 11.9. The molecule has 0 aliphatic rings. The van der Waals surface area contributed by atoms with Gasteiger partial charge in [-0.25, -0.2) is 4.98 Å². The first-order chi connectivity index (χ1) is 8.40. The van der Waals surface area contributed by atoms with Crippen LogP contribution in [-0.4, -0.2) is 25.9 Å². The number of imidazole rings is 1. The Balaban J connectivity index is 1.74. The van der Waals surface area contributed by atoms with Crippen molar-refractivity contribution in [1.29, 1.82) is 0 Å². The van der Waals surface area contributed by atoms with Crippen LogP contribution in [0, 0.1) is 0 Å². The summed E-state index contributed by atoms with van der Waals surface area (Å²) in [4.78, 5) is 4.25. The van der Waals surface area contributed by atoms with Gasteiger partial charge in [-0.3, -0.25) is 4.68 Å². The molecule has 0 unspecified atom stereocenters. The molecular formula is C12H17N5. The van der Waals surface area contributed by atoms with Gasteiger partial charge in [-0.15, -0.1) is 6.58 Å². The molecule has 2 heterocycles. The van der Waals surface area contributed by atoms with E-state index < -0.39 is 0 Å². The summed E-state index contributed by atoms with van der Waals surface area (Å²) in [5.74, 6) is 0.894. The van der Waals surface area contributed by atoms with Crippen LogP contribution in [0.15, 0.2) is 43.5 Å². The molecule has 2 rings (SSSR count). The molecule has 0 aliphatic heterocycles. The van der Waals surface area contributed by atoms with Gasteiger partial charge < -0.3 is 9.88 Å². The number of rotatable bonds is 7. The Labute approximate surface area is 101 Å². The van der Waals surface area contributed by atoms with Crippen LogP contribution in [-0.2, 0) is 13.1 Å². The number of aryl methyl sites for hydroxylation is 1. The van der Waals surface area contributed by atoms with E-state index in [9.17, 15) is 0 Å². The molecule has 17 heavy (non-hydrogen) atoms. The smallest absolute Gasteiger partial charge is 0.203 e. The fourth-order valence-electron chi connectivity index (χ4n) is 1.64. The van der Waals surface area contributed by atoms with Gasteiger partial charge in [-0.2, -0.15) is 5.10 Å². The van der Waals surface area contributed by atoms with Gasteiger partial charge in [0.25, 0.3) is 0 Å². The molecule has 0 aliphatic carbocycles. The largest absolute Gasteiger partial charge is 0.356 e. The lowest BCUT2D eigenvalue weighted by molar-refractivity contribution is 0.590. The second kappa shape index (κ2) is 5.89. The zero-order valence-electron chi connectivity index (χ0n) is 9.79. The van der Waals surface area contributed by atoms with Gasteiger partial charge in [0.2, 0.25) is 5.95 Å². The molecule has 0 saturated carbocycles. The zero-order valence-corrected chi connectivity index (χ0v) is 9.79. The van der Waals surface area contributed by atoms with E-state index in [1.165, 1.54) is 0 Å². The Morgan fingerprint density at radius 2 is 2.29 bits per heavy atom. The number of allylic oxidation sites excluding steroid dienone is 1. The third-order valence-electron chi connectivity index (χ3n) is 2.45. The van der Waals surface area contributed by atoms with Gasteiger partial charge in [0.05, 0.1) is 0 Å². The maximum absolute atomic E-state index is 4.25. The first-order valence-electron chi connectivity index (χ1n) is 5.73. The van der Waals surface area contributed by atoms with Crippen LogP contribution in [0.4, 0.5) is 5.95 Å². The summed E-state index contributed by atoms with van der Waals surface area (Å²) < 4.78 is 3.96. The molecule has 0 spiro atoms. The second-order valence-corrected chi connectivity index (χ2v) is 3.74. The van der Waals surface area contributed by atoms with E-state index in [0.717, 1.165) is 32.0 Å². The van der Waals surface area contributed by atoms with E-state index >= 15 is 0 Å². The first kappa shape index (κ1) is 11.4. The second-order valence-electron chi connectivity index (χ2n) is 3.74. The minimum absolute atomic E-state index is 0.779. The van der Waals surface area contributed by atoms with E-state index in [-0.39, 0.29) is 0 Å². The van der Waals surface area contributed by atoms with Crippen LogP contribution in [0.25, 0.3) is 0 Å². The molecule has 0 atom stereocenters. The molecule has 0 radical (unpaired) electrons. The SMILES string of the molecule is C=CCn1ccnc1NCCCn1cccn1. The van der Waals surface area contributed by atoms with Crippen LogP contribution < -0.4 is 5.32 Å². The highest BCUT2D eigenvalue weighted by atomic mass is 15.3. The molecule has 2 aromatic heterocycles. The topological polar surface area (TPSA) is 47.7 Å². The van der Waals surface area contributed by atoms with Crippen LogP contribution >= 0.6 is 0 Å². The van der Waals surface area contributed by atoms with Crippen LogP contribution in [0.1, 0.15) is 6.42 Å². The summed E-state index contributed by atoms with van der Waals surface area (Å²) in [6, 6.07) is 1.93. The fourth-order valence-corrected chi connectivity index (χ4v) is 1.64. The molecule has 0 aromatic carbocycles. The van der Waals surface area contributed by atoms with Crippen molar-refractivity contribution in [3.63, 3.8) is 0 Å². The predicted molar refractivity (Wildman–Crippen MR) is 67.8 cm³/mol. The summed E-state index contributed by atoms with van der Waals surface area (Å²) in [5, 5.41) is 7.46. The van der Waals surface area contributed by atoms with Gasteiger partial charge in [-0.05, 0) is 12.5 Å². The summed E-state index contributed by atoms with van der Waals surface area (Å²) in [5.41, 5.74) is 0. The van der Waals surface area contributed by atoms with Crippen molar-refractivity contribution >= 4 is 5.95 Å². The van der Waals surface area contributed by atoms with E-state index in [0.29, 0.717) is 0 Å². The van der Waals surface area contributed by atoms with E-state index in [1.54, 1.807) is 12.4 Å². The van der Waals surface area contributed by atoms with Crippen LogP contribution in [0.2, 0.25) is 0 Å². The lowest BCUT2D eigenvalue weighted by atomic mass is 10.4. The van der Waals surface area contributed by atoms with Crippen molar-refractivity contribution in [2.75, 3.05) is 11.9 Å². The summed E-state index contributed by atoms with van der Waals surface area (Å²) in [7, 11) is 0. The minimum Gasteiger partial charge on any atom is -0.356 e. The van der Waals surface area contributed by atoms with Crippen LogP contribution in [0.5, 0.6) is 0 Å². The normalized spacial score (nSPS) is 10.4. The standard InChI is InChI=1S/C12H17N5/c1-2-8-16-11-7-14-12(16)13-5-3-9-17-10-4-6-15-17/h2,4,6-7,10-11H,1,3,5,8-9H2,(H,13,14). The average Bonchev–Trinajstić information content (AvgIpc) is 2.96. The van der Waals surface area contributed by atoms with Gasteiger partial charge in [0.1, 0.15) is 0 Å². The number of hydrogen-bond donors (Lipinski definition) is 1. The molecule has 0 bridgehead atoms.